The highest BCUT2D eigenvalue weighted by Gasteiger charge is 2.61. The Morgan fingerprint density at radius 3 is 2.73 bits per heavy atom. The minimum Gasteiger partial charge on any atom is -0.487 e. The van der Waals surface area contributed by atoms with E-state index in [2.05, 4.69) is 10.3 Å². The van der Waals surface area contributed by atoms with Crippen molar-refractivity contribution in [3.8, 4) is 5.75 Å². The highest BCUT2D eigenvalue weighted by atomic mass is 35.5. The van der Waals surface area contributed by atoms with Gasteiger partial charge in [-0.25, -0.2) is 4.98 Å². The van der Waals surface area contributed by atoms with E-state index < -0.39 is 5.60 Å². The third kappa shape index (κ3) is 3.46. The predicted octanol–water partition coefficient (Wildman–Crippen LogP) is 3.17. The number of anilines is 1. The van der Waals surface area contributed by atoms with Gasteiger partial charge in [0.1, 0.15) is 17.0 Å². The molecule has 3 heterocycles. The molecule has 2 aliphatic heterocycles. The molecular formula is C21H23ClN4O4. The van der Waals surface area contributed by atoms with Crippen molar-refractivity contribution in [3.63, 3.8) is 0 Å². The zero-order valence-corrected chi connectivity index (χ0v) is 17.5. The van der Waals surface area contributed by atoms with Crippen molar-refractivity contribution in [2.45, 2.75) is 25.4 Å². The number of rotatable bonds is 4. The number of nitrogens with zero attached hydrogens (tertiary/aromatic N) is 1. The van der Waals surface area contributed by atoms with E-state index in [1.807, 2.05) is 26.0 Å². The quantitative estimate of drug-likeness (QED) is 0.506. The number of hydrogen-bond acceptors (Lipinski definition) is 6. The molecule has 0 unspecified atom stereocenters. The summed E-state index contributed by atoms with van der Waals surface area (Å²) in [6.45, 7) is 5.30. The summed E-state index contributed by atoms with van der Waals surface area (Å²) in [6, 6.07) is 8.31. The number of amides is 1. The Bertz CT molecular complexity index is 989. The lowest BCUT2D eigenvalue weighted by atomic mass is 9.60. The first-order chi connectivity index (χ1) is 14.2. The largest absolute Gasteiger partial charge is 0.487 e. The summed E-state index contributed by atoms with van der Waals surface area (Å²) in [6.07, 6.45) is 1.43. The number of benzene rings is 1. The van der Waals surface area contributed by atoms with E-state index in [9.17, 15) is 4.79 Å². The molecule has 1 fully saturated rings. The molecule has 1 aromatic heterocycles. The summed E-state index contributed by atoms with van der Waals surface area (Å²) < 4.78 is 17.3. The van der Waals surface area contributed by atoms with Crippen LogP contribution in [-0.2, 0) is 9.47 Å². The lowest BCUT2D eigenvalue weighted by Crippen LogP contribution is -2.65. The number of ether oxygens (including phenoxy) is 3. The van der Waals surface area contributed by atoms with E-state index in [1.165, 1.54) is 6.20 Å². The van der Waals surface area contributed by atoms with Gasteiger partial charge in [0.05, 0.1) is 30.3 Å². The molecule has 1 spiro atoms. The molecule has 1 amide bonds. The van der Waals surface area contributed by atoms with Gasteiger partial charge in [0.15, 0.2) is 0 Å². The van der Waals surface area contributed by atoms with E-state index in [4.69, 9.17) is 37.0 Å². The molecule has 0 saturated carbocycles. The van der Waals surface area contributed by atoms with Gasteiger partial charge in [-0.2, -0.15) is 0 Å². The molecular weight excluding hydrogens is 408 g/mol. The lowest BCUT2D eigenvalue weighted by molar-refractivity contribution is -0.224. The SMILES string of the molecule is CC1(C)Oc2ccc(NC(=O)c3ccc(Cl)cn3)cc2[C@@H](COC(=N)N)C12COC2. The fourth-order valence-electron chi connectivity index (χ4n) is 4.08. The Morgan fingerprint density at radius 2 is 2.13 bits per heavy atom. The number of nitrogens with two attached hydrogens (primary N) is 1. The van der Waals surface area contributed by atoms with Gasteiger partial charge < -0.3 is 25.3 Å². The molecule has 4 rings (SSSR count). The maximum Gasteiger partial charge on any atom is 0.279 e. The summed E-state index contributed by atoms with van der Waals surface area (Å²) >= 11 is 5.84. The summed E-state index contributed by atoms with van der Waals surface area (Å²) in [7, 11) is 0. The second-order valence-corrected chi connectivity index (χ2v) is 8.49. The molecule has 158 valence electrons. The van der Waals surface area contributed by atoms with Gasteiger partial charge in [-0.15, -0.1) is 0 Å². The number of carbonyl (C=O) groups excluding carboxylic acids is 1. The number of carbonyl (C=O) groups is 1. The third-order valence-corrected chi connectivity index (χ3v) is 6.18. The molecule has 0 radical (unpaired) electrons. The van der Waals surface area contributed by atoms with Crippen LogP contribution in [0.5, 0.6) is 5.75 Å². The van der Waals surface area contributed by atoms with E-state index >= 15 is 0 Å². The van der Waals surface area contributed by atoms with Crippen LogP contribution in [0.1, 0.15) is 35.8 Å². The number of fused-ring (bicyclic) bond motifs is 1. The van der Waals surface area contributed by atoms with Crippen molar-refractivity contribution < 1.29 is 19.0 Å². The van der Waals surface area contributed by atoms with Crippen molar-refractivity contribution in [2.75, 3.05) is 25.1 Å². The van der Waals surface area contributed by atoms with Crippen LogP contribution in [0, 0.1) is 10.8 Å². The Balaban J connectivity index is 1.66. The molecule has 0 aliphatic carbocycles. The highest BCUT2D eigenvalue weighted by Crippen LogP contribution is 2.57. The second kappa shape index (κ2) is 7.45. The fourth-order valence-corrected chi connectivity index (χ4v) is 4.20. The van der Waals surface area contributed by atoms with Gasteiger partial charge in [-0.05, 0) is 44.2 Å². The van der Waals surface area contributed by atoms with Crippen molar-refractivity contribution in [3.05, 3.63) is 52.8 Å². The molecule has 30 heavy (non-hydrogen) atoms. The number of amidine groups is 1. The first-order valence-electron chi connectivity index (χ1n) is 9.52. The van der Waals surface area contributed by atoms with Crippen molar-refractivity contribution in [1.29, 1.82) is 5.41 Å². The number of nitrogens with one attached hydrogen (secondary N) is 2. The van der Waals surface area contributed by atoms with Crippen molar-refractivity contribution in [2.24, 2.45) is 11.1 Å². The highest BCUT2D eigenvalue weighted by molar-refractivity contribution is 6.30. The normalized spacial score (nSPS) is 20.4. The number of hydrogen-bond donors (Lipinski definition) is 3. The molecule has 9 heteroatoms. The molecule has 8 nitrogen and oxygen atoms in total. The standard InChI is InChI=1S/C21H23ClN4O4/c1-20(2)21(10-28-11-21)15(9-29-19(23)24)14-7-13(4-6-17(14)30-20)26-18(27)16-5-3-12(22)8-25-16/h3-8,15H,9-11H2,1-2H3,(H3,23,24)(H,26,27)/t15-/m1/s1. The Morgan fingerprint density at radius 1 is 1.37 bits per heavy atom. The van der Waals surface area contributed by atoms with Crippen molar-refractivity contribution in [1.82, 2.24) is 4.98 Å². The van der Waals surface area contributed by atoms with Crippen LogP contribution in [0.2, 0.25) is 5.02 Å². The van der Waals surface area contributed by atoms with E-state index in [1.54, 1.807) is 18.2 Å². The Kier molecular flexibility index (Phi) is 5.07. The van der Waals surface area contributed by atoms with Crippen LogP contribution in [0.3, 0.4) is 0 Å². The second-order valence-electron chi connectivity index (χ2n) is 8.06. The van der Waals surface area contributed by atoms with Crippen LogP contribution >= 0.6 is 11.6 Å². The molecule has 4 N–H and O–H groups in total. The van der Waals surface area contributed by atoms with Crippen LogP contribution in [0.4, 0.5) is 5.69 Å². The smallest absolute Gasteiger partial charge is 0.279 e. The number of aromatic nitrogens is 1. The Labute approximate surface area is 179 Å². The van der Waals surface area contributed by atoms with E-state index in [0.717, 1.165) is 5.56 Å². The monoisotopic (exact) mass is 430 g/mol. The molecule has 2 aliphatic rings. The number of pyridine rings is 1. The lowest BCUT2D eigenvalue weighted by Gasteiger charge is -2.58. The van der Waals surface area contributed by atoms with Gasteiger partial charge >= 0.3 is 0 Å². The fraction of sp³-hybridized carbons (Fsp3) is 0.381. The Hall–Kier alpha value is -2.84. The maximum absolute atomic E-state index is 12.6. The predicted molar refractivity (Wildman–Crippen MR) is 112 cm³/mol. The van der Waals surface area contributed by atoms with Crippen LogP contribution < -0.4 is 15.8 Å². The molecule has 1 saturated heterocycles. The third-order valence-electron chi connectivity index (χ3n) is 5.96. The maximum atomic E-state index is 12.6. The first-order valence-corrected chi connectivity index (χ1v) is 9.90. The van der Waals surface area contributed by atoms with E-state index in [0.29, 0.717) is 29.7 Å². The first kappa shape index (κ1) is 20.4. The summed E-state index contributed by atoms with van der Waals surface area (Å²) in [5.41, 5.74) is 6.35. The van der Waals surface area contributed by atoms with Crippen LogP contribution in [0.25, 0.3) is 0 Å². The molecule has 1 aromatic carbocycles. The average Bonchev–Trinajstić information content (AvgIpc) is 2.64. The summed E-state index contributed by atoms with van der Waals surface area (Å²) in [4.78, 5) is 16.6. The van der Waals surface area contributed by atoms with Gasteiger partial charge in [0.2, 0.25) is 0 Å². The molecule has 1 atom stereocenters. The minimum atomic E-state index is -0.499. The zero-order valence-electron chi connectivity index (χ0n) is 16.7. The van der Waals surface area contributed by atoms with E-state index in [-0.39, 0.29) is 35.6 Å². The average molecular weight is 431 g/mol. The zero-order chi connectivity index (χ0) is 21.5. The van der Waals surface area contributed by atoms with Crippen LogP contribution in [0.15, 0.2) is 36.5 Å². The minimum absolute atomic E-state index is 0.126. The summed E-state index contributed by atoms with van der Waals surface area (Å²) in [5.74, 6) is 0.235. The van der Waals surface area contributed by atoms with Gasteiger partial charge in [0, 0.05) is 23.4 Å². The van der Waals surface area contributed by atoms with Crippen molar-refractivity contribution >= 4 is 29.2 Å². The molecule has 2 aromatic rings. The van der Waals surface area contributed by atoms with Gasteiger partial charge in [-0.1, -0.05) is 11.6 Å². The van der Waals surface area contributed by atoms with Crippen LogP contribution in [-0.4, -0.2) is 42.3 Å². The number of halogens is 1. The molecule has 0 bridgehead atoms. The summed E-state index contributed by atoms with van der Waals surface area (Å²) in [5, 5.41) is 10.8. The van der Waals surface area contributed by atoms with Gasteiger partial charge in [-0.3, -0.25) is 10.2 Å². The topological polar surface area (TPSA) is 120 Å². The van der Waals surface area contributed by atoms with Gasteiger partial charge in [0.25, 0.3) is 11.9 Å².